The lowest BCUT2D eigenvalue weighted by Crippen LogP contribution is -2.29. The monoisotopic (exact) mass is 489 g/mol. The van der Waals surface area contributed by atoms with Gasteiger partial charge < -0.3 is 29.4 Å². The average molecular weight is 490 g/mol. The van der Waals surface area contributed by atoms with Crippen molar-refractivity contribution in [2.75, 3.05) is 7.11 Å². The zero-order chi connectivity index (χ0) is 25.8. The number of rotatable bonds is 6. The Labute approximate surface area is 208 Å². The molecule has 0 radical (unpaired) electrons. The van der Waals surface area contributed by atoms with E-state index in [1.54, 1.807) is 13.8 Å². The lowest BCUT2D eigenvalue weighted by molar-refractivity contribution is 0.0846. The summed E-state index contributed by atoms with van der Waals surface area (Å²) in [4.78, 5) is 23.9. The highest BCUT2D eigenvalue weighted by molar-refractivity contribution is 5.89. The molecule has 4 rings (SSSR count). The van der Waals surface area contributed by atoms with Gasteiger partial charge in [0.2, 0.25) is 0 Å². The van der Waals surface area contributed by atoms with E-state index in [-0.39, 0.29) is 18.1 Å². The first-order chi connectivity index (χ1) is 17.3. The maximum atomic E-state index is 12.2. The Kier molecular flexibility index (Phi) is 7.15. The van der Waals surface area contributed by atoms with Crippen molar-refractivity contribution in [2.45, 2.75) is 33.3 Å². The minimum absolute atomic E-state index is 0.0727. The van der Waals surface area contributed by atoms with Crippen molar-refractivity contribution in [3.05, 3.63) is 100 Å². The van der Waals surface area contributed by atoms with Crippen LogP contribution in [0.4, 0.5) is 9.59 Å². The predicted molar refractivity (Wildman–Crippen MR) is 133 cm³/mol. The number of hydrogen-bond acceptors (Lipinski definition) is 7. The Morgan fingerprint density at radius 1 is 0.889 bits per heavy atom. The molecule has 0 bridgehead atoms. The molecule has 0 spiro atoms. The second-order valence-electron chi connectivity index (χ2n) is 8.43. The van der Waals surface area contributed by atoms with Gasteiger partial charge in [-0.2, -0.15) is 0 Å². The standard InChI is InChI=1S/C28H27NO7/c1-16-9-11-19(12-10-16)15-34-22-14-13-20-7-5-6-8-21(20)23(22)24-25(35-27(30)31)17(2)29-18(3)26(24)36-28(32)33-4/h5-14,24,29H,15H2,1-4H3,(H,30,31). The summed E-state index contributed by atoms with van der Waals surface area (Å²) in [5.41, 5.74) is 3.70. The zero-order valence-electron chi connectivity index (χ0n) is 20.5. The van der Waals surface area contributed by atoms with Crippen LogP contribution in [0.2, 0.25) is 0 Å². The van der Waals surface area contributed by atoms with Crippen LogP contribution in [0.1, 0.15) is 36.5 Å². The smallest absolute Gasteiger partial charge is 0.489 e. The molecule has 0 fully saturated rings. The molecule has 3 aromatic carbocycles. The summed E-state index contributed by atoms with van der Waals surface area (Å²) in [6, 6.07) is 19.4. The van der Waals surface area contributed by atoms with Gasteiger partial charge in [-0.1, -0.05) is 60.2 Å². The highest BCUT2D eigenvalue weighted by atomic mass is 16.7. The number of benzene rings is 3. The molecule has 8 heteroatoms. The van der Waals surface area contributed by atoms with Crippen molar-refractivity contribution in [3.8, 4) is 5.75 Å². The van der Waals surface area contributed by atoms with Crippen LogP contribution >= 0.6 is 0 Å². The van der Waals surface area contributed by atoms with Crippen LogP contribution in [-0.2, 0) is 20.8 Å². The van der Waals surface area contributed by atoms with Crippen LogP contribution in [0.5, 0.6) is 5.75 Å². The molecular formula is C28H27NO7. The highest BCUT2D eigenvalue weighted by Gasteiger charge is 2.38. The molecule has 1 aliphatic rings. The van der Waals surface area contributed by atoms with E-state index in [0.717, 1.165) is 21.9 Å². The fourth-order valence-corrected chi connectivity index (χ4v) is 4.26. The predicted octanol–water partition coefficient (Wildman–Crippen LogP) is 6.35. The van der Waals surface area contributed by atoms with Gasteiger partial charge in [0.15, 0.2) is 0 Å². The van der Waals surface area contributed by atoms with Gasteiger partial charge in [0, 0.05) is 5.56 Å². The first kappa shape index (κ1) is 24.7. The number of nitrogens with one attached hydrogen (secondary N) is 1. The maximum Gasteiger partial charge on any atom is 0.513 e. The summed E-state index contributed by atoms with van der Waals surface area (Å²) in [7, 11) is 1.20. The minimum Gasteiger partial charge on any atom is -0.489 e. The van der Waals surface area contributed by atoms with E-state index in [0.29, 0.717) is 22.7 Å². The maximum absolute atomic E-state index is 12.2. The lowest BCUT2D eigenvalue weighted by Gasteiger charge is -2.31. The molecular weight excluding hydrogens is 462 g/mol. The van der Waals surface area contributed by atoms with Crippen molar-refractivity contribution in [1.29, 1.82) is 0 Å². The van der Waals surface area contributed by atoms with Crippen molar-refractivity contribution in [1.82, 2.24) is 5.32 Å². The third-order valence-electron chi connectivity index (χ3n) is 5.93. The van der Waals surface area contributed by atoms with Crippen LogP contribution in [0.3, 0.4) is 0 Å². The van der Waals surface area contributed by atoms with Gasteiger partial charge in [-0.05, 0) is 43.2 Å². The van der Waals surface area contributed by atoms with E-state index in [4.69, 9.17) is 18.9 Å². The fraction of sp³-hybridized carbons (Fsp3) is 0.214. The van der Waals surface area contributed by atoms with Gasteiger partial charge in [0.1, 0.15) is 29.8 Å². The molecule has 0 aliphatic carbocycles. The number of aryl methyl sites for hydroxylation is 1. The Bertz CT molecular complexity index is 1370. The van der Waals surface area contributed by atoms with E-state index in [2.05, 4.69) is 5.32 Å². The van der Waals surface area contributed by atoms with Crippen molar-refractivity contribution < 1.29 is 33.6 Å². The quantitative estimate of drug-likeness (QED) is 0.386. The first-order valence-corrected chi connectivity index (χ1v) is 11.3. The van der Waals surface area contributed by atoms with Crippen molar-refractivity contribution in [3.63, 3.8) is 0 Å². The third-order valence-corrected chi connectivity index (χ3v) is 5.93. The Balaban J connectivity index is 1.91. The number of carboxylic acid groups (broad SMARTS) is 1. The molecule has 2 N–H and O–H groups in total. The van der Waals surface area contributed by atoms with E-state index >= 15 is 0 Å². The number of fused-ring (bicyclic) bond motifs is 1. The molecule has 8 nitrogen and oxygen atoms in total. The molecule has 3 aromatic rings. The Hall–Kier alpha value is -4.46. The second-order valence-corrected chi connectivity index (χ2v) is 8.43. The molecule has 0 amide bonds. The van der Waals surface area contributed by atoms with Crippen LogP contribution in [0, 0.1) is 6.92 Å². The number of ether oxygens (including phenoxy) is 4. The topological polar surface area (TPSA) is 103 Å². The molecule has 0 saturated heterocycles. The van der Waals surface area contributed by atoms with Gasteiger partial charge >= 0.3 is 12.3 Å². The van der Waals surface area contributed by atoms with Crippen LogP contribution < -0.4 is 10.1 Å². The summed E-state index contributed by atoms with van der Waals surface area (Å²) < 4.78 is 21.8. The van der Waals surface area contributed by atoms with Gasteiger partial charge in [-0.25, -0.2) is 9.59 Å². The van der Waals surface area contributed by atoms with Gasteiger partial charge in [-0.3, -0.25) is 0 Å². The summed E-state index contributed by atoms with van der Waals surface area (Å²) in [5, 5.41) is 14.3. The molecule has 36 heavy (non-hydrogen) atoms. The molecule has 1 unspecified atom stereocenters. The van der Waals surface area contributed by atoms with Crippen LogP contribution in [0.15, 0.2) is 83.6 Å². The van der Waals surface area contributed by atoms with Crippen molar-refractivity contribution in [2.24, 2.45) is 0 Å². The van der Waals surface area contributed by atoms with Crippen LogP contribution in [0.25, 0.3) is 10.8 Å². The SMILES string of the molecule is COC(=O)OC1=C(C)NC(C)=C(OC(=O)O)C1c1c(OCc2ccc(C)cc2)ccc2ccccc12. The highest BCUT2D eigenvalue weighted by Crippen LogP contribution is 2.46. The normalized spacial score (nSPS) is 15.4. The molecule has 1 heterocycles. The molecule has 1 aliphatic heterocycles. The number of methoxy groups -OCH3 is 1. The second kappa shape index (κ2) is 10.4. The summed E-state index contributed by atoms with van der Waals surface area (Å²) in [6.45, 7) is 5.72. The minimum atomic E-state index is -1.49. The summed E-state index contributed by atoms with van der Waals surface area (Å²) >= 11 is 0. The summed E-state index contributed by atoms with van der Waals surface area (Å²) in [6.07, 6.45) is -2.43. The third kappa shape index (κ3) is 5.12. The molecule has 1 atom stereocenters. The van der Waals surface area contributed by atoms with E-state index < -0.39 is 18.2 Å². The summed E-state index contributed by atoms with van der Waals surface area (Å²) in [5.74, 6) is -0.177. The number of dihydropyridines is 1. The number of carbonyl (C=O) groups is 2. The lowest BCUT2D eigenvalue weighted by atomic mass is 9.86. The van der Waals surface area contributed by atoms with E-state index in [1.165, 1.54) is 7.11 Å². The molecule has 0 saturated carbocycles. The first-order valence-electron chi connectivity index (χ1n) is 11.3. The van der Waals surface area contributed by atoms with E-state index in [9.17, 15) is 14.7 Å². The number of allylic oxidation sites excluding steroid dienone is 2. The number of hydrogen-bond donors (Lipinski definition) is 2. The van der Waals surface area contributed by atoms with Gasteiger partial charge in [0.25, 0.3) is 0 Å². The number of carbonyl (C=O) groups excluding carboxylic acids is 1. The van der Waals surface area contributed by atoms with Crippen molar-refractivity contribution >= 4 is 23.1 Å². The van der Waals surface area contributed by atoms with Crippen LogP contribution in [-0.4, -0.2) is 24.5 Å². The Morgan fingerprint density at radius 3 is 2.22 bits per heavy atom. The largest absolute Gasteiger partial charge is 0.513 e. The van der Waals surface area contributed by atoms with Gasteiger partial charge in [-0.15, -0.1) is 0 Å². The fourth-order valence-electron chi connectivity index (χ4n) is 4.26. The average Bonchev–Trinajstić information content (AvgIpc) is 2.86. The van der Waals surface area contributed by atoms with Gasteiger partial charge in [0.05, 0.1) is 18.5 Å². The molecule has 186 valence electrons. The van der Waals surface area contributed by atoms with E-state index in [1.807, 2.05) is 67.6 Å². The Morgan fingerprint density at radius 2 is 1.56 bits per heavy atom. The zero-order valence-corrected chi connectivity index (χ0v) is 20.5. The molecule has 0 aromatic heterocycles.